The van der Waals surface area contributed by atoms with Crippen LogP contribution < -0.4 is 11.5 Å². The number of aliphatic imine (C=N–C) groups is 1. The number of nitrogens with two attached hydrogens (primary N) is 2. The molecule has 0 fully saturated rings. The van der Waals surface area contributed by atoms with Gasteiger partial charge in [-0.3, -0.25) is 4.79 Å². The number of hydrogen-bond acceptors (Lipinski definition) is 3. The van der Waals surface area contributed by atoms with E-state index in [2.05, 4.69) is 4.99 Å². The van der Waals surface area contributed by atoms with Gasteiger partial charge in [0, 0.05) is 5.56 Å². The number of hydrogen-bond donors (Lipinski definition) is 2. The molecule has 0 saturated carbocycles. The molecule has 4 N–H and O–H groups in total. The Morgan fingerprint density at radius 1 is 1.11 bits per heavy atom. The first-order chi connectivity index (χ1) is 12.9. The van der Waals surface area contributed by atoms with Crippen molar-refractivity contribution >= 4 is 21.7 Å². The van der Waals surface area contributed by atoms with Gasteiger partial charge in [0.05, 0.1) is 15.4 Å². The maximum absolute atomic E-state index is 13.7. The molecule has 0 bridgehead atoms. The zero-order chi connectivity index (χ0) is 21.3. The lowest BCUT2D eigenvalue weighted by molar-refractivity contribution is -0.139. The standard InChI is InChI=1S/C18H18F3N3O3S/c1-3-11-8-15(28(26,27)14-7-5-4-6-10(14)2)13(18(19,20)21)9-12(11)16(25)24-17(22)23/h4-9H,3H2,1-2H3,(H4,22,23,24,25). The van der Waals surface area contributed by atoms with E-state index < -0.39 is 43.9 Å². The maximum Gasteiger partial charge on any atom is 0.417 e. The third-order valence-corrected chi connectivity index (χ3v) is 5.98. The third kappa shape index (κ3) is 4.16. The van der Waals surface area contributed by atoms with E-state index in [0.29, 0.717) is 11.6 Å². The maximum atomic E-state index is 13.7. The molecule has 150 valence electrons. The molecule has 0 unspecified atom stereocenters. The Hall–Kier alpha value is -2.88. The molecule has 0 atom stereocenters. The monoisotopic (exact) mass is 413 g/mol. The van der Waals surface area contributed by atoms with E-state index in [1.807, 2.05) is 0 Å². The van der Waals surface area contributed by atoms with Crippen LogP contribution in [-0.2, 0) is 22.4 Å². The Morgan fingerprint density at radius 2 is 1.71 bits per heavy atom. The van der Waals surface area contributed by atoms with Gasteiger partial charge >= 0.3 is 6.18 Å². The van der Waals surface area contributed by atoms with Gasteiger partial charge in [0.1, 0.15) is 0 Å². The molecule has 10 heteroatoms. The smallest absolute Gasteiger partial charge is 0.370 e. The summed E-state index contributed by atoms with van der Waals surface area (Å²) in [5.41, 5.74) is 8.77. The molecule has 6 nitrogen and oxygen atoms in total. The predicted molar refractivity (Wildman–Crippen MR) is 97.6 cm³/mol. The Labute approximate surface area is 160 Å². The Kier molecular flexibility index (Phi) is 5.83. The summed E-state index contributed by atoms with van der Waals surface area (Å²) < 4.78 is 67.0. The number of carbonyl (C=O) groups is 1. The van der Waals surface area contributed by atoms with Gasteiger partial charge in [0.25, 0.3) is 5.91 Å². The molecule has 2 aromatic rings. The number of rotatable bonds is 4. The number of benzene rings is 2. The van der Waals surface area contributed by atoms with Crippen LogP contribution in [0.15, 0.2) is 51.2 Å². The zero-order valence-corrected chi connectivity index (χ0v) is 15.9. The van der Waals surface area contributed by atoms with Crippen LogP contribution in [0.3, 0.4) is 0 Å². The Bertz CT molecular complexity index is 1060. The summed E-state index contributed by atoms with van der Waals surface area (Å²) in [5.74, 6) is -1.69. The highest BCUT2D eigenvalue weighted by molar-refractivity contribution is 7.91. The van der Waals surface area contributed by atoms with Crippen molar-refractivity contribution in [3.8, 4) is 0 Å². The number of aryl methyl sites for hydroxylation is 2. The van der Waals surface area contributed by atoms with Crippen molar-refractivity contribution < 1.29 is 26.4 Å². The van der Waals surface area contributed by atoms with E-state index in [0.717, 1.165) is 6.07 Å². The van der Waals surface area contributed by atoms with Gasteiger partial charge in [-0.05, 0) is 42.7 Å². The fraction of sp³-hybridized carbons (Fsp3) is 0.222. The second kappa shape index (κ2) is 7.63. The van der Waals surface area contributed by atoms with Gasteiger partial charge in [0.15, 0.2) is 5.96 Å². The minimum Gasteiger partial charge on any atom is -0.370 e. The summed E-state index contributed by atoms with van der Waals surface area (Å²) >= 11 is 0. The first kappa shape index (κ1) is 21.4. The van der Waals surface area contributed by atoms with Gasteiger partial charge in [-0.1, -0.05) is 25.1 Å². The highest BCUT2D eigenvalue weighted by Gasteiger charge is 2.39. The van der Waals surface area contributed by atoms with Gasteiger partial charge in [-0.25, -0.2) is 8.42 Å². The minimum atomic E-state index is -5.02. The second-order valence-corrected chi connectivity index (χ2v) is 7.85. The van der Waals surface area contributed by atoms with Crippen molar-refractivity contribution in [3.05, 3.63) is 58.7 Å². The quantitative estimate of drug-likeness (QED) is 0.591. The molecule has 1 amide bonds. The van der Waals surface area contributed by atoms with Crippen LogP contribution in [0, 0.1) is 6.92 Å². The number of amides is 1. The van der Waals surface area contributed by atoms with Crippen LogP contribution in [0.2, 0.25) is 0 Å². The topological polar surface area (TPSA) is 116 Å². The Balaban J connectivity index is 2.87. The molecule has 0 spiro atoms. The zero-order valence-electron chi connectivity index (χ0n) is 15.0. The fourth-order valence-electron chi connectivity index (χ4n) is 2.71. The molecule has 0 aliphatic carbocycles. The van der Waals surface area contributed by atoms with Gasteiger partial charge in [-0.2, -0.15) is 18.2 Å². The molecule has 0 aliphatic rings. The largest absolute Gasteiger partial charge is 0.417 e. The van der Waals surface area contributed by atoms with E-state index in [4.69, 9.17) is 11.5 Å². The average molecular weight is 413 g/mol. The van der Waals surface area contributed by atoms with Gasteiger partial charge in [0.2, 0.25) is 9.84 Å². The van der Waals surface area contributed by atoms with Gasteiger partial charge in [-0.15, -0.1) is 0 Å². The van der Waals surface area contributed by atoms with E-state index in [9.17, 15) is 26.4 Å². The van der Waals surface area contributed by atoms with E-state index >= 15 is 0 Å². The summed E-state index contributed by atoms with van der Waals surface area (Å²) in [6.07, 6.45) is -4.93. The lowest BCUT2D eigenvalue weighted by Crippen LogP contribution is -2.25. The average Bonchev–Trinajstić information content (AvgIpc) is 2.59. The number of guanidine groups is 1. The van der Waals surface area contributed by atoms with Crippen LogP contribution in [0.1, 0.15) is 34.0 Å². The van der Waals surface area contributed by atoms with Crippen LogP contribution in [0.4, 0.5) is 13.2 Å². The molecule has 2 aromatic carbocycles. The van der Waals surface area contributed by atoms with Crippen molar-refractivity contribution in [2.45, 2.75) is 36.2 Å². The number of halogens is 3. The molecular weight excluding hydrogens is 395 g/mol. The lowest BCUT2D eigenvalue weighted by atomic mass is 10.0. The number of carbonyl (C=O) groups excluding carboxylic acids is 1. The first-order valence-corrected chi connectivity index (χ1v) is 9.56. The highest BCUT2D eigenvalue weighted by atomic mass is 32.2. The summed E-state index contributed by atoms with van der Waals surface area (Å²) in [4.78, 5) is 14.2. The number of sulfone groups is 1. The lowest BCUT2D eigenvalue weighted by Gasteiger charge is -2.17. The van der Waals surface area contributed by atoms with Crippen LogP contribution >= 0.6 is 0 Å². The van der Waals surface area contributed by atoms with Gasteiger partial charge < -0.3 is 11.5 Å². The second-order valence-electron chi connectivity index (χ2n) is 5.97. The van der Waals surface area contributed by atoms with Crippen LogP contribution in [-0.4, -0.2) is 20.3 Å². The normalized spacial score (nSPS) is 11.9. The molecular formula is C18H18F3N3O3S. The van der Waals surface area contributed by atoms with Crippen molar-refractivity contribution in [1.82, 2.24) is 0 Å². The molecule has 0 saturated heterocycles. The van der Waals surface area contributed by atoms with Crippen molar-refractivity contribution in [1.29, 1.82) is 0 Å². The summed E-state index contributed by atoms with van der Waals surface area (Å²) in [6.45, 7) is 3.05. The predicted octanol–water partition coefficient (Wildman–Crippen LogP) is 2.82. The molecule has 0 aromatic heterocycles. The fourth-order valence-corrected chi connectivity index (χ4v) is 4.46. The molecule has 0 aliphatic heterocycles. The molecule has 0 heterocycles. The molecule has 2 rings (SSSR count). The summed E-state index contributed by atoms with van der Waals surface area (Å²) in [5, 5.41) is 0. The minimum absolute atomic E-state index is 0.0789. The Morgan fingerprint density at radius 3 is 2.21 bits per heavy atom. The van der Waals surface area contributed by atoms with Crippen molar-refractivity contribution in [3.63, 3.8) is 0 Å². The SMILES string of the molecule is CCc1cc(S(=O)(=O)c2ccccc2C)c(C(F)(F)F)cc1C(=O)N=C(N)N. The van der Waals surface area contributed by atoms with E-state index in [1.54, 1.807) is 13.0 Å². The number of alkyl halides is 3. The van der Waals surface area contributed by atoms with Crippen molar-refractivity contribution in [2.75, 3.05) is 0 Å². The first-order valence-electron chi connectivity index (χ1n) is 8.08. The van der Waals surface area contributed by atoms with E-state index in [1.165, 1.54) is 25.1 Å². The third-order valence-electron chi connectivity index (χ3n) is 4.03. The van der Waals surface area contributed by atoms with Crippen LogP contribution in [0.5, 0.6) is 0 Å². The molecule has 0 radical (unpaired) electrons. The number of nitrogens with zero attached hydrogens (tertiary/aromatic N) is 1. The molecule has 28 heavy (non-hydrogen) atoms. The van der Waals surface area contributed by atoms with Crippen molar-refractivity contribution in [2.24, 2.45) is 16.5 Å². The summed E-state index contributed by atoms with van der Waals surface area (Å²) in [7, 11) is -4.50. The highest BCUT2D eigenvalue weighted by Crippen LogP contribution is 2.39. The van der Waals surface area contributed by atoms with Crippen LogP contribution in [0.25, 0.3) is 0 Å². The summed E-state index contributed by atoms with van der Waals surface area (Å²) in [6, 6.07) is 7.06. The van der Waals surface area contributed by atoms with E-state index in [-0.39, 0.29) is 16.9 Å².